The molecule has 0 saturated heterocycles. The lowest BCUT2D eigenvalue weighted by atomic mass is 10.2. The molecule has 0 aliphatic carbocycles. The smallest absolute Gasteiger partial charge is 0.128 e. The first-order chi connectivity index (χ1) is 9.19. The molecule has 19 heavy (non-hydrogen) atoms. The molecule has 0 aromatic heterocycles. The molecule has 0 aliphatic rings. The van der Waals surface area contributed by atoms with E-state index in [-0.39, 0.29) is 5.82 Å². The van der Waals surface area contributed by atoms with Crippen LogP contribution in [0.3, 0.4) is 0 Å². The molecule has 4 heteroatoms. The van der Waals surface area contributed by atoms with E-state index in [0.717, 1.165) is 15.8 Å². The average molecular weight is 324 g/mol. The summed E-state index contributed by atoms with van der Waals surface area (Å²) in [6.07, 6.45) is 0. The Bertz CT molecular complexity index is 560. The van der Waals surface area contributed by atoms with Gasteiger partial charge in [-0.1, -0.05) is 34.1 Å². The van der Waals surface area contributed by atoms with Gasteiger partial charge in [-0.2, -0.15) is 0 Å². The largest absolute Gasteiger partial charge is 0.497 e. The van der Waals surface area contributed by atoms with Crippen LogP contribution in [0.25, 0.3) is 0 Å². The Morgan fingerprint density at radius 2 is 2.00 bits per heavy atom. The minimum absolute atomic E-state index is 0.201. The van der Waals surface area contributed by atoms with Gasteiger partial charge in [-0.3, -0.25) is 0 Å². The quantitative estimate of drug-likeness (QED) is 0.901. The second-order valence-electron chi connectivity index (χ2n) is 4.19. The molecule has 0 spiro atoms. The van der Waals surface area contributed by atoms with Crippen molar-refractivity contribution in [1.29, 1.82) is 0 Å². The molecule has 0 aliphatic heterocycles. The van der Waals surface area contributed by atoms with Crippen molar-refractivity contribution in [3.05, 3.63) is 63.9 Å². The number of hydrogen-bond donors (Lipinski definition) is 1. The summed E-state index contributed by atoms with van der Waals surface area (Å²) in [5.74, 6) is 0.627. The van der Waals surface area contributed by atoms with Crippen LogP contribution in [0.1, 0.15) is 11.1 Å². The third kappa shape index (κ3) is 4.04. The van der Waals surface area contributed by atoms with E-state index in [2.05, 4.69) is 21.2 Å². The molecule has 0 atom stereocenters. The zero-order valence-corrected chi connectivity index (χ0v) is 12.2. The fraction of sp³-hybridized carbons (Fsp3) is 0.200. The first-order valence-electron chi connectivity index (χ1n) is 5.96. The molecule has 0 saturated carbocycles. The van der Waals surface area contributed by atoms with E-state index in [1.165, 1.54) is 6.07 Å². The van der Waals surface area contributed by atoms with Crippen LogP contribution in [0.4, 0.5) is 4.39 Å². The lowest BCUT2D eigenvalue weighted by molar-refractivity contribution is 0.414. The van der Waals surface area contributed by atoms with Gasteiger partial charge in [-0.05, 0) is 29.8 Å². The summed E-state index contributed by atoms with van der Waals surface area (Å²) in [4.78, 5) is 0. The van der Waals surface area contributed by atoms with Crippen LogP contribution in [0.15, 0.2) is 46.9 Å². The Morgan fingerprint density at radius 1 is 1.16 bits per heavy atom. The predicted molar refractivity (Wildman–Crippen MR) is 77.6 cm³/mol. The van der Waals surface area contributed by atoms with E-state index in [1.807, 2.05) is 30.3 Å². The van der Waals surface area contributed by atoms with Gasteiger partial charge in [0.1, 0.15) is 11.6 Å². The zero-order valence-electron chi connectivity index (χ0n) is 10.6. The predicted octanol–water partition coefficient (Wildman–Crippen LogP) is 3.89. The summed E-state index contributed by atoms with van der Waals surface area (Å²) >= 11 is 3.24. The highest BCUT2D eigenvalue weighted by Crippen LogP contribution is 2.16. The lowest BCUT2D eigenvalue weighted by Gasteiger charge is -2.08. The number of halogens is 2. The Hall–Kier alpha value is -1.39. The number of benzene rings is 2. The summed E-state index contributed by atoms with van der Waals surface area (Å²) in [6, 6.07) is 12.9. The summed E-state index contributed by atoms with van der Waals surface area (Å²) in [5, 5.41) is 3.22. The summed E-state index contributed by atoms with van der Waals surface area (Å²) in [6.45, 7) is 1.17. The van der Waals surface area contributed by atoms with Crippen molar-refractivity contribution in [2.45, 2.75) is 13.1 Å². The molecule has 2 aromatic carbocycles. The number of nitrogens with one attached hydrogen (secondary N) is 1. The van der Waals surface area contributed by atoms with Gasteiger partial charge in [0.05, 0.1) is 7.11 Å². The van der Waals surface area contributed by atoms with Gasteiger partial charge in [0, 0.05) is 23.1 Å². The molecule has 0 heterocycles. The topological polar surface area (TPSA) is 21.3 Å². The molecule has 0 radical (unpaired) electrons. The maximum Gasteiger partial charge on any atom is 0.128 e. The molecule has 2 nitrogen and oxygen atoms in total. The third-order valence-electron chi connectivity index (χ3n) is 2.79. The first-order valence-corrected chi connectivity index (χ1v) is 6.76. The van der Waals surface area contributed by atoms with Crippen LogP contribution in [-0.2, 0) is 13.1 Å². The van der Waals surface area contributed by atoms with Crippen LogP contribution in [-0.4, -0.2) is 7.11 Å². The van der Waals surface area contributed by atoms with Crippen molar-refractivity contribution >= 4 is 15.9 Å². The number of rotatable bonds is 5. The van der Waals surface area contributed by atoms with Gasteiger partial charge >= 0.3 is 0 Å². The second kappa shape index (κ2) is 6.68. The Balaban J connectivity index is 1.92. The minimum Gasteiger partial charge on any atom is -0.497 e. The van der Waals surface area contributed by atoms with Crippen molar-refractivity contribution in [1.82, 2.24) is 5.32 Å². The normalized spacial score (nSPS) is 10.5. The van der Waals surface area contributed by atoms with Gasteiger partial charge in [0.15, 0.2) is 0 Å². The van der Waals surface area contributed by atoms with Crippen molar-refractivity contribution in [3.63, 3.8) is 0 Å². The molecule has 2 aromatic rings. The average Bonchev–Trinajstić information content (AvgIpc) is 2.41. The molecule has 1 N–H and O–H groups in total. The maximum atomic E-state index is 13.6. The van der Waals surface area contributed by atoms with Crippen LogP contribution < -0.4 is 10.1 Å². The summed E-state index contributed by atoms with van der Waals surface area (Å²) < 4.78 is 19.5. The highest BCUT2D eigenvalue weighted by atomic mass is 79.9. The first kappa shape index (κ1) is 14.0. The fourth-order valence-corrected chi connectivity index (χ4v) is 2.12. The lowest BCUT2D eigenvalue weighted by Crippen LogP contribution is -2.13. The van der Waals surface area contributed by atoms with Crippen LogP contribution >= 0.6 is 15.9 Å². The number of ether oxygens (including phenoxy) is 1. The zero-order chi connectivity index (χ0) is 13.7. The molecule has 0 fully saturated rings. The van der Waals surface area contributed by atoms with E-state index in [4.69, 9.17) is 4.74 Å². The Labute approximate surface area is 120 Å². The van der Waals surface area contributed by atoms with E-state index in [9.17, 15) is 4.39 Å². The van der Waals surface area contributed by atoms with Crippen molar-refractivity contribution in [2.75, 3.05) is 7.11 Å². The Kier molecular flexibility index (Phi) is 4.93. The van der Waals surface area contributed by atoms with E-state index in [0.29, 0.717) is 18.7 Å². The highest BCUT2D eigenvalue weighted by Gasteiger charge is 2.02. The SMILES string of the molecule is COc1cccc(CNCc2ccc(Br)cc2F)c1. The Morgan fingerprint density at radius 3 is 2.74 bits per heavy atom. The van der Waals surface area contributed by atoms with Crippen molar-refractivity contribution in [2.24, 2.45) is 0 Å². The highest BCUT2D eigenvalue weighted by molar-refractivity contribution is 9.10. The standard InChI is InChI=1S/C15H15BrFNO/c1-19-14-4-2-3-11(7-14)9-18-10-12-5-6-13(16)8-15(12)17/h2-8,18H,9-10H2,1H3. The van der Waals surface area contributed by atoms with E-state index < -0.39 is 0 Å². The van der Waals surface area contributed by atoms with E-state index in [1.54, 1.807) is 13.2 Å². The fourth-order valence-electron chi connectivity index (χ4n) is 1.79. The molecule has 100 valence electrons. The molecule has 2 rings (SSSR count). The summed E-state index contributed by atoms with van der Waals surface area (Å²) in [5.41, 5.74) is 1.77. The molecular weight excluding hydrogens is 309 g/mol. The molecule has 0 bridgehead atoms. The molecule has 0 unspecified atom stereocenters. The molecule has 0 amide bonds. The van der Waals surface area contributed by atoms with Crippen LogP contribution in [0.2, 0.25) is 0 Å². The van der Waals surface area contributed by atoms with Gasteiger partial charge in [0.25, 0.3) is 0 Å². The van der Waals surface area contributed by atoms with Crippen LogP contribution in [0.5, 0.6) is 5.75 Å². The van der Waals surface area contributed by atoms with Gasteiger partial charge in [0.2, 0.25) is 0 Å². The monoisotopic (exact) mass is 323 g/mol. The third-order valence-corrected chi connectivity index (χ3v) is 3.29. The maximum absolute atomic E-state index is 13.6. The molecular formula is C15H15BrFNO. The second-order valence-corrected chi connectivity index (χ2v) is 5.11. The van der Waals surface area contributed by atoms with Crippen LogP contribution in [0, 0.1) is 5.82 Å². The van der Waals surface area contributed by atoms with Crippen molar-refractivity contribution in [3.8, 4) is 5.75 Å². The minimum atomic E-state index is -0.201. The van der Waals surface area contributed by atoms with E-state index >= 15 is 0 Å². The number of methoxy groups -OCH3 is 1. The summed E-state index contributed by atoms with van der Waals surface area (Å²) in [7, 11) is 1.64. The van der Waals surface area contributed by atoms with Gasteiger partial charge in [-0.15, -0.1) is 0 Å². The van der Waals surface area contributed by atoms with Crippen molar-refractivity contribution < 1.29 is 9.13 Å². The van der Waals surface area contributed by atoms with Gasteiger partial charge < -0.3 is 10.1 Å². The van der Waals surface area contributed by atoms with Gasteiger partial charge in [-0.25, -0.2) is 4.39 Å². The number of hydrogen-bond acceptors (Lipinski definition) is 2.